The predicted molar refractivity (Wildman–Crippen MR) is 95.0 cm³/mol. The number of likely N-dealkylation sites (tertiary alicyclic amines) is 2. The summed E-state index contributed by atoms with van der Waals surface area (Å²) in [6, 6.07) is 4.68. The van der Waals surface area contributed by atoms with Crippen molar-refractivity contribution in [1.29, 1.82) is 0 Å². The lowest BCUT2D eigenvalue weighted by Gasteiger charge is -2.32. The molecule has 5 nitrogen and oxygen atoms in total. The van der Waals surface area contributed by atoms with Crippen LogP contribution < -0.4 is 0 Å². The molecule has 0 bridgehead atoms. The topological polar surface area (TPSA) is 39.9 Å². The van der Waals surface area contributed by atoms with Gasteiger partial charge >= 0.3 is 0 Å². The van der Waals surface area contributed by atoms with E-state index in [1.165, 1.54) is 12.8 Å². The van der Waals surface area contributed by atoms with Crippen molar-refractivity contribution in [2.45, 2.75) is 58.2 Å². The Morgan fingerprint density at radius 1 is 1.17 bits per heavy atom. The van der Waals surface area contributed by atoms with E-state index in [0.29, 0.717) is 17.8 Å². The Morgan fingerprint density at radius 2 is 1.88 bits per heavy atom. The fourth-order valence-corrected chi connectivity index (χ4v) is 4.25. The van der Waals surface area contributed by atoms with Crippen LogP contribution >= 0.6 is 0 Å². The molecule has 5 heteroatoms. The molecule has 2 aliphatic heterocycles. The molecule has 0 aromatic carbocycles. The molecule has 0 unspecified atom stereocenters. The predicted octanol–water partition coefficient (Wildman–Crippen LogP) is 2.82. The van der Waals surface area contributed by atoms with Gasteiger partial charge < -0.3 is 14.2 Å². The third-order valence-corrected chi connectivity index (χ3v) is 5.73. The van der Waals surface area contributed by atoms with Crippen LogP contribution in [-0.4, -0.2) is 65.9 Å². The first-order valence-electron chi connectivity index (χ1n) is 9.46. The maximum absolute atomic E-state index is 13.0. The number of hydrogen-bond donors (Lipinski definition) is 0. The minimum Gasteiger partial charge on any atom is -0.455 e. The van der Waals surface area contributed by atoms with Crippen LogP contribution in [-0.2, 0) is 6.54 Å². The molecule has 3 rings (SSSR count). The average Bonchev–Trinajstić information content (AvgIpc) is 3.32. The Kier molecular flexibility index (Phi) is 5.61. The second-order valence-corrected chi connectivity index (χ2v) is 7.13. The van der Waals surface area contributed by atoms with Gasteiger partial charge in [0.05, 0.1) is 6.54 Å². The second-order valence-electron chi connectivity index (χ2n) is 7.13. The van der Waals surface area contributed by atoms with Gasteiger partial charge in [-0.3, -0.25) is 9.69 Å². The summed E-state index contributed by atoms with van der Waals surface area (Å²) in [5.41, 5.74) is 0. The molecule has 0 N–H and O–H groups in total. The lowest BCUT2D eigenvalue weighted by molar-refractivity contribution is 0.0629. The second kappa shape index (κ2) is 7.70. The number of likely N-dealkylation sites (N-methyl/N-ethyl adjacent to an activating group) is 1. The number of furan rings is 1. The largest absolute Gasteiger partial charge is 0.455 e. The Balaban J connectivity index is 1.68. The van der Waals surface area contributed by atoms with Gasteiger partial charge in [-0.1, -0.05) is 13.8 Å². The summed E-state index contributed by atoms with van der Waals surface area (Å²) in [4.78, 5) is 19.7. The summed E-state index contributed by atoms with van der Waals surface area (Å²) < 4.78 is 5.88. The van der Waals surface area contributed by atoms with E-state index >= 15 is 0 Å². The van der Waals surface area contributed by atoms with Crippen LogP contribution in [0.15, 0.2) is 16.5 Å². The quantitative estimate of drug-likeness (QED) is 0.802. The molecule has 0 spiro atoms. The highest BCUT2D eigenvalue weighted by atomic mass is 16.4. The van der Waals surface area contributed by atoms with E-state index in [1.807, 2.05) is 12.1 Å². The van der Waals surface area contributed by atoms with Crippen molar-refractivity contribution in [1.82, 2.24) is 14.7 Å². The van der Waals surface area contributed by atoms with Gasteiger partial charge in [-0.15, -0.1) is 0 Å². The molecule has 2 fully saturated rings. The van der Waals surface area contributed by atoms with E-state index < -0.39 is 0 Å². The molecule has 0 radical (unpaired) electrons. The van der Waals surface area contributed by atoms with Crippen LogP contribution in [0.5, 0.6) is 0 Å². The standard InChI is InChI=1S/C19H31N3O2/c1-4-21(5-2)14-15-10-11-18(24-15)19(23)22-13-7-9-17(22)16-8-6-12-20(16)3/h10-11,16-17H,4-9,12-14H2,1-3H3/t16-,17+/m1/s1. The van der Waals surface area contributed by atoms with Crippen molar-refractivity contribution in [2.24, 2.45) is 0 Å². The zero-order valence-corrected chi connectivity index (χ0v) is 15.3. The van der Waals surface area contributed by atoms with Crippen molar-refractivity contribution in [3.8, 4) is 0 Å². The van der Waals surface area contributed by atoms with Crippen molar-refractivity contribution in [2.75, 3.05) is 33.2 Å². The zero-order chi connectivity index (χ0) is 17.1. The SMILES string of the molecule is CCN(CC)Cc1ccc(C(=O)N2CCC[C@H]2[C@H]2CCCN2C)o1. The number of hydrogen-bond acceptors (Lipinski definition) is 4. The lowest BCUT2D eigenvalue weighted by Crippen LogP contribution is -2.47. The van der Waals surface area contributed by atoms with Crippen LogP contribution in [0.25, 0.3) is 0 Å². The Morgan fingerprint density at radius 3 is 2.54 bits per heavy atom. The van der Waals surface area contributed by atoms with E-state index in [9.17, 15) is 4.79 Å². The van der Waals surface area contributed by atoms with Crippen LogP contribution in [0.1, 0.15) is 55.8 Å². The number of carbonyl (C=O) groups excluding carboxylic acids is 1. The maximum Gasteiger partial charge on any atom is 0.289 e. The summed E-state index contributed by atoms with van der Waals surface area (Å²) in [5.74, 6) is 1.46. The lowest BCUT2D eigenvalue weighted by atomic mass is 10.0. The smallest absolute Gasteiger partial charge is 0.289 e. The molecular formula is C19H31N3O2. The average molecular weight is 333 g/mol. The third-order valence-electron chi connectivity index (χ3n) is 5.73. The summed E-state index contributed by atoms with van der Waals surface area (Å²) in [7, 11) is 2.19. The van der Waals surface area contributed by atoms with Gasteiger partial charge in [-0.05, 0) is 64.5 Å². The minimum atomic E-state index is 0.0728. The van der Waals surface area contributed by atoms with Crippen molar-refractivity contribution < 1.29 is 9.21 Å². The third kappa shape index (κ3) is 3.52. The first-order chi connectivity index (χ1) is 11.6. The van der Waals surface area contributed by atoms with E-state index in [2.05, 4.69) is 35.6 Å². The Bertz CT molecular complexity index is 553. The van der Waals surface area contributed by atoms with Crippen molar-refractivity contribution >= 4 is 5.91 Å². The highest BCUT2D eigenvalue weighted by Crippen LogP contribution is 2.30. The first kappa shape index (κ1) is 17.5. The summed E-state index contributed by atoms with van der Waals surface area (Å²) >= 11 is 0. The van der Waals surface area contributed by atoms with Crippen LogP contribution in [0.4, 0.5) is 0 Å². The fourth-order valence-electron chi connectivity index (χ4n) is 4.25. The maximum atomic E-state index is 13.0. The van der Waals surface area contributed by atoms with Gasteiger partial charge in [0.15, 0.2) is 5.76 Å². The van der Waals surface area contributed by atoms with E-state index in [0.717, 1.165) is 51.3 Å². The molecule has 2 aliphatic rings. The summed E-state index contributed by atoms with van der Waals surface area (Å²) in [6.45, 7) is 9.05. The Hall–Kier alpha value is -1.33. The van der Waals surface area contributed by atoms with Crippen LogP contribution in [0.2, 0.25) is 0 Å². The molecule has 0 saturated carbocycles. The van der Waals surface area contributed by atoms with Gasteiger partial charge in [0.1, 0.15) is 5.76 Å². The highest BCUT2D eigenvalue weighted by Gasteiger charge is 2.39. The molecule has 3 heterocycles. The van der Waals surface area contributed by atoms with Gasteiger partial charge in [0, 0.05) is 18.6 Å². The van der Waals surface area contributed by atoms with Gasteiger partial charge in [-0.25, -0.2) is 0 Å². The van der Waals surface area contributed by atoms with Crippen LogP contribution in [0, 0.1) is 0 Å². The normalized spacial score (nSPS) is 25.1. The molecule has 24 heavy (non-hydrogen) atoms. The van der Waals surface area contributed by atoms with Crippen molar-refractivity contribution in [3.05, 3.63) is 23.7 Å². The molecule has 1 aromatic rings. The van der Waals surface area contributed by atoms with Crippen LogP contribution in [0.3, 0.4) is 0 Å². The van der Waals surface area contributed by atoms with E-state index in [1.54, 1.807) is 0 Å². The molecular weight excluding hydrogens is 302 g/mol. The van der Waals surface area contributed by atoms with Gasteiger partial charge in [0.25, 0.3) is 5.91 Å². The molecule has 0 aliphatic carbocycles. The fraction of sp³-hybridized carbons (Fsp3) is 0.737. The summed E-state index contributed by atoms with van der Waals surface area (Å²) in [5, 5.41) is 0. The molecule has 2 atom stereocenters. The first-order valence-corrected chi connectivity index (χ1v) is 9.46. The van der Waals surface area contributed by atoms with Gasteiger partial charge in [-0.2, -0.15) is 0 Å². The number of nitrogens with zero attached hydrogens (tertiary/aromatic N) is 3. The van der Waals surface area contributed by atoms with E-state index in [4.69, 9.17) is 4.42 Å². The molecule has 1 amide bonds. The highest BCUT2D eigenvalue weighted by molar-refractivity contribution is 5.92. The number of carbonyl (C=O) groups is 1. The molecule has 1 aromatic heterocycles. The van der Waals surface area contributed by atoms with Gasteiger partial charge in [0.2, 0.25) is 0 Å². The number of amides is 1. The molecule has 2 saturated heterocycles. The van der Waals surface area contributed by atoms with E-state index in [-0.39, 0.29) is 5.91 Å². The summed E-state index contributed by atoms with van der Waals surface area (Å²) in [6.07, 6.45) is 4.67. The molecule has 134 valence electrons. The number of rotatable bonds is 6. The Labute approximate surface area is 145 Å². The zero-order valence-electron chi connectivity index (χ0n) is 15.3. The monoisotopic (exact) mass is 333 g/mol. The minimum absolute atomic E-state index is 0.0728. The van der Waals surface area contributed by atoms with Crippen molar-refractivity contribution in [3.63, 3.8) is 0 Å².